The number of aliphatic imine (C=N–C) groups is 1. The van der Waals surface area contributed by atoms with E-state index in [9.17, 15) is 4.79 Å². The Morgan fingerprint density at radius 3 is 2.42 bits per heavy atom. The van der Waals surface area contributed by atoms with Gasteiger partial charge in [-0.15, -0.1) is 11.3 Å². The van der Waals surface area contributed by atoms with Crippen LogP contribution in [0.3, 0.4) is 0 Å². The Kier molecular flexibility index (Phi) is 5.38. The summed E-state index contributed by atoms with van der Waals surface area (Å²) in [7, 11) is 7.28. The lowest BCUT2D eigenvalue weighted by molar-refractivity contribution is 0.0833. The number of nitrogens with zero attached hydrogens (tertiary/aromatic N) is 4. The van der Waals surface area contributed by atoms with E-state index >= 15 is 0 Å². The lowest BCUT2D eigenvalue weighted by Crippen LogP contribution is -2.20. The van der Waals surface area contributed by atoms with Crippen molar-refractivity contribution in [2.45, 2.75) is 0 Å². The zero-order valence-electron chi connectivity index (χ0n) is 15.0. The molecule has 1 amide bonds. The highest BCUT2D eigenvalue weighted by Crippen LogP contribution is 2.38. The first-order chi connectivity index (χ1) is 12.4. The second-order valence-corrected chi connectivity index (χ2v) is 8.16. The van der Waals surface area contributed by atoms with Crippen LogP contribution in [0.15, 0.2) is 45.9 Å². The van der Waals surface area contributed by atoms with E-state index in [0.717, 1.165) is 25.9 Å². The lowest BCUT2D eigenvalue weighted by atomic mass is 10.1. The summed E-state index contributed by atoms with van der Waals surface area (Å²) < 4.78 is 1.03. The first-order valence-corrected chi connectivity index (χ1v) is 9.59. The SMILES string of the molecule is CN(C)C=Nc1c(C(=O)N(C)C)sc2nc(-c3ccc(Br)cc3)ccc12. The van der Waals surface area contributed by atoms with Crippen molar-refractivity contribution in [2.24, 2.45) is 4.99 Å². The Morgan fingerprint density at radius 1 is 1.12 bits per heavy atom. The molecule has 3 rings (SSSR count). The van der Waals surface area contributed by atoms with Crippen molar-refractivity contribution in [3.63, 3.8) is 0 Å². The number of benzene rings is 1. The fourth-order valence-corrected chi connectivity index (χ4v) is 3.80. The number of carbonyl (C=O) groups excluding carboxylic acids is 1. The van der Waals surface area contributed by atoms with E-state index in [4.69, 9.17) is 4.98 Å². The maximum Gasteiger partial charge on any atom is 0.265 e. The van der Waals surface area contributed by atoms with E-state index in [1.54, 1.807) is 25.3 Å². The van der Waals surface area contributed by atoms with Gasteiger partial charge in [-0.05, 0) is 24.3 Å². The molecule has 0 atom stereocenters. The van der Waals surface area contributed by atoms with Gasteiger partial charge in [-0.1, -0.05) is 28.1 Å². The summed E-state index contributed by atoms with van der Waals surface area (Å²) in [6.07, 6.45) is 1.70. The zero-order chi connectivity index (χ0) is 18.8. The predicted octanol–water partition coefficient (Wildman–Crippen LogP) is 4.65. The van der Waals surface area contributed by atoms with E-state index in [1.165, 1.54) is 11.3 Å². The summed E-state index contributed by atoms with van der Waals surface area (Å²) in [6, 6.07) is 12.0. The molecular formula is C19H19BrN4OS. The highest BCUT2D eigenvalue weighted by atomic mass is 79.9. The highest BCUT2D eigenvalue weighted by molar-refractivity contribution is 9.10. The summed E-state index contributed by atoms with van der Waals surface area (Å²) in [6.45, 7) is 0. The van der Waals surface area contributed by atoms with E-state index in [1.807, 2.05) is 55.4 Å². The van der Waals surface area contributed by atoms with Gasteiger partial charge in [0.25, 0.3) is 5.91 Å². The highest BCUT2D eigenvalue weighted by Gasteiger charge is 2.20. The molecule has 0 aliphatic rings. The molecule has 0 saturated heterocycles. The number of thiophene rings is 1. The molecule has 0 spiro atoms. The number of aromatic nitrogens is 1. The quantitative estimate of drug-likeness (QED) is 0.447. The minimum Gasteiger partial charge on any atom is -0.369 e. The average molecular weight is 431 g/mol. The van der Waals surface area contributed by atoms with Crippen molar-refractivity contribution in [1.29, 1.82) is 0 Å². The first-order valence-electron chi connectivity index (χ1n) is 7.98. The molecule has 0 bridgehead atoms. The number of amides is 1. The van der Waals surface area contributed by atoms with E-state index in [2.05, 4.69) is 20.9 Å². The molecule has 0 radical (unpaired) electrons. The number of rotatable bonds is 4. The van der Waals surface area contributed by atoms with Gasteiger partial charge in [-0.3, -0.25) is 4.79 Å². The number of fused-ring (bicyclic) bond motifs is 1. The van der Waals surface area contributed by atoms with Gasteiger partial charge in [0.15, 0.2) is 0 Å². The summed E-state index contributed by atoms with van der Waals surface area (Å²) in [5, 5.41) is 0.888. The Labute approximate surface area is 165 Å². The third-order valence-corrected chi connectivity index (χ3v) is 5.29. The molecule has 26 heavy (non-hydrogen) atoms. The van der Waals surface area contributed by atoms with Crippen molar-refractivity contribution in [2.75, 3.05) is 28.2 Å². The van der Waals surface area contributed by atoms with Crippen molar-refractivity contribution in [1.82, 2.24) is 14.8 Å². The summed E-state index contributed by atoms with van der Waals surface area (Å²) >= 11 is 4.83. The van der Waals surface area contributed by atoms with Crippen molar-refractivity contribution in [3.05, 3.63) is 45.7 Å². The van der Waals surface area contributed by atoms with E-state index in [0.29, 0.717) is 10.6 Å². The van der Waals surface area contributed by atoms with Crippen LogP contribution in [0.4, 0.5) is 5.69 Å². The first kappa shape index (κ1) is 18.5. The number of hydrogen-bond donors (Lipinski definition) is 0. The molecular weight excluding hydrogens is 412 g/mol. The minimum absolute atomic E-state index is 0.0657. The van der Waals surface area contributed by atoms with Gasteiger partial charge in [0, 0.05) is 43.6 Å². The standard InChI is InChI=1S/C19H19BrN4OS/c1-23(2)11-21-16-14-9-10-15(12-5-7-13(20)8-6-12)22-18(14)26-17(16)19(25)24(3)4/h5-11H,1-4H3. The second-order valence-electron chi connectivity index (χ2n) is 6.24. The summed E-state index contributed by atoms with van der Waals surface area (Å²) in [5.74, 6) is -0.0657. The molecule has 3 aromatic rings. The van der Waals surface area contributed by atoms with Crippen LogP contribution < -0.4 is 0 Å². The predicted molar refractivity (Wildman–Crippen MR) is 113 cm³/mol. The van der Waals surface area contributed by atoms with Crippen LogP contribution in [-0.4, -0.2) is 55.2 Å². The number of pyridine rings is 1. The van der Waals surface area contributed by atoms with Crippen LogP contribution in [0.2, 0.25) is 0 Å². The van der Waals surface area contributed by atoms with E-state index < -0.39 is 0 Å². The maximum atomic E-state index is 12.6. The average Bonchev–Trinajstić information content (AvgIpc) is 2.97. The van der Waals surface area contributed by atoms with Gasteiger partial charge in [0.05, 0.1) is 17.7 Å². The van der Waals surface area contributed by atoms with Crippen LogP contribution >= 0.6 is 27.3 Å². The van der Waals surface area contributed by atoms with Gasteiger partial charge in [0.2, 0.25) is 0 Å². The van der Waals surface area contributed by atoms with Crippen molar-refractivity contribution in [3.8, 4) is 11.3 Å². The van der Waals surface area contributed by atoms with E-state index in [-0.39, 0.29) is 5.91 Å². The Balaban J connectivity index is 2.15. The fourth-order valence-electron chi connectivity index (χ4n) is 2.40. The fraction of sp³-hybridized carbons (Fsp3) is 0.211. The topological polar surface area (TPSA) is 48.8 Å². The van der Waals surface area contributed by atoms with Gasteiger partial charge in [0.1, 0.15) is 9.71 Å². The second kappa shape index (κ2) is 7.55. The Hall–Kier alpha value is -2.25. The van der Waals surface area contributed by atoms with Crippen LogP contribution in [-0.2, 0) is 0 Å². The van der Waals surface area contributed by atoms with Crippen molar-refractivity contribution >= 4 is 55.4 Å². The zero-order valence-corrected chi connectivity index (χ0v) is 17.4. The van der Waals surface area contributed by atoms with Gasteiger partial charge >= 0.3 is 0 Å². The molecule has 1 aromatic carbocycles. The summed E-state index contributed by atoms with van der Waals surface area (Å²) in [5.41, 5.74) is 2.58. The molecule has 0 saturated carbocycles. The Morgan fingerprint density at radius 2 is 1.81 bits per heavy atom. The molecule has 0 N–H and O–H groups in total. The monoisotopic (exact) mass is 430 g/mol. The van der Waals surface area contributed by atoms with Gasteiger partial charge in [-0.25, -0.2) is 9.98 Å². The summed E-state index contributed by atoms with van der Waals surface area (Å²) in [4.78, 5) is 26.7. The largest absolute Gasteiger partial charge is 0.369 e. The van der Waals surface area contributed by atoms with Crippen LogP contribution in [0.25, 0.3) is 21.5 Å². The molecule has 0 unspecified atom stereocenters. The van der Waals surface area contributed by atoms with Crippen LogP contribution in [0.5, 0.6) is 0 Å². The van der Waals surface area contributed by atoms with Gasteiger partial charge < -0.3 is 9.80 Å². The molecule has 0 aliphatic heterocycles. The van der Waals surface area contributed by atoms with Gasteiger partial charge in [-0.2, -0.15) is 0 Å². The van der Waals surface area contributed by atoms with Crippen LogP contribution in [0, 0.1) is 0 Å². The maximum absolute atomic E-state index is 12.6. The molecule has 5 nitrogen and oxygen atoms in total. The Bertz CT molecular complexity index is 977. The minimum atomic E-state index is -0.0657. The number of hydrogen-bond acceptors (Lipinski definition) is 4. The lowest BCUT2D eigenvalue weighted by Gasteiger charge is -2.09. The molecule has 0 fully saturated rings. The molecule has 2 aromatic heterocycles. The smallest absolute Gasteiger partial charge is 0.265 e. The number of halogens is 1. The third-order valence-electron chi connectivity index (χ3n) is 3.69. The molecule has 134 valence electrons. The molecule has 0 aliphatic carbocycles. The number of carbonyl (C=O) groups is 1. The van der Waals surface area contributed by atoms with Crippen molar-refractivity contribution < 1.29 is 4.79 Å². The molecule has 2 heterocycles. The third kappa shape index (κ3) is 3.78. The normalized spacial score (nSPS) is 11.3. The molecule has 7 heteroatoms. The van der Waals surface area contributed by atoms with Crippen LogP contribution in [0.1, 0.15) is 9.67 Å².